The van der Waals surface area contributed by atoms with Crippen LogP contribution in [0.1, 0.15) is 26.3 Å². The molecule has 0 spiro atoms. The van der Waals surface area contributed by atoms with Crippen LogP contribution in [0.4, 0.5) is 8.78 Å². The van der Waals surface area contributed by atoms with Gasteiger partial charge in [0.25, 0.3) is 5.91 Å². The van der Waals surface area contributed by atoms with Gasteiger partial charge in [0.05, 0.1) is 12.1 Å². The molecule has 1 aliphatic rings. The second kappa shape index (κ2) is 7.74. The number of piperazine rings is 1. The van der Waals surface area contributed by atoms with Crippen LogP contribution in [0.2, 0.25) is 0 Å². The van der Waals surface area contributed by atoms with Gasteiger partial charge in [-0.2, -0.15) is 0 Å². The fourth-order valence-electron chi connectivity index (χ4n) is 3.05. The first kappa shape index (κ1) is 18.2. The van der Waals surface area contributed by atoms with E-state index in [9.17, 15) is 18.4 Å². The van der Waals surface area contributed by atoms with Crippen molar-refractivity contribution >= 4 is 11.7 Å². The van der Waals surface area contributed by atoms with Crippen LogP contribution in [0.3, 0.4) is 0 Å². The Hall–Kier alpha value is -2.60. The Bertz CT molecular complexity index is 830. The van der Waals surface area contributed by atoms with E-state index >= 15 is 0 Å². The molecule has 136 valence electrons. The van der Waals surface area contributed by atoms with E-state index in [1.165, 1.54) is 24.3 Å². The number of aryl methyl sites for hydroxylation is 1. The number of hydrogen-bond donors (Lipinski definition) is 0. The zero-order chi connectivity index (χ0) is 18.7. The summed E-state index contributed by atoms with van der Waals surface area (Å²) < 4.78 is 27.1. The van der Waals surface area contributed by atoms with Crippen LogP contribution >= 0.6 is 0 Å². The Morgan fingerprint density at radius 1 is 1.00 bits per heavy atom. The molecule has 0 saturated carbocycles. The van der Waals surface area contributed by atoms with E-state index in [2.05, 4.69) is 0 Å². The van der Waals surface area contributed by atoms with Gasteiger partial charge in [-0.3, -0.25) is 14.5 Å². The quantitative estimate of drug-likeness (QED) is 0.789. The van der Waals surface area contributed by atoms with Crippen LogP contribution in [0.15, 0.2) is 42.5 Å². The van der Waals surface area contributed by atoms with Crippen LogP contribution in [-0.2, 0) is 0 Å². The van der Waals surface area contributed by atoms with E-state index in [0.717, 1.165) is 5.56 Å². The van der Waals surface area contributed by atoms with Crippen molar-refractivity contribution in [2.75, 3.05) is 32.7 Å². The molecule has 0 bridgehead atoms. The molecule has 4 nitrogen and oxygen atoms in total. The smallest absolute Gasteiger partial charge is 0.254 e. The number of halogens is 2. The van der Waals surface area contributed by atoms with Crippen LogP contribution < -0.4 is 0 Å². The van der Waals surface area contributed by atoms with Crippen molar-refractivity contribution in [2.45, 2.75) is 6.92 Å². The van der Waals surface area contributed by atoms with E-state index in [4.69, 9.17) is 0 Å². The highest BCUT2D eigenvalue weighted by Crippen LogP contribution is 2.14. The van der Waals surface area contributed by atoms with Crippen molar-refractivity contribution < 1.29 is 18.4 Å². The minimum absolute atomic E-state index is 0.100. The highest BCUT2D eigenvalue weighted by atomic mass is 19.1. The lowest BCUT2D eigenvalue weighted by molar-refractivity contribution is 0.0623. The first-order valence-electron chi connectivity index (χ1n) is 8.50. The van der Waals surface area contributed by atoms with Crippen molar-refractivity contribution in [2.24, 2.45) is 0 Å². The average molecular weight is 358 g/mol. The topological polar surface area (TPSA) is 40.6 Å². The number of nitrogens with zero attached hydrogens (tertiary/aromatic N) is 2. The first-order chi connectivity index (χ1) is 12.4. The second-order valence-electron chi connectivity index (χ2n) is 6.49. The monoisotopic (exact) mass is 358 g/mol. The summed E-state index contributed by atoms with van der Waals surface area (Å²) in [6.45, 7) is 3.84. The van der Waals surface area contributed by atoms with Crippen LogP contribution in [-0.4, -0.2) is 54.2 Å². The Morgan fingerprint density at radius 3 is 2.42 bits per heavy atom. The van der Waals surface area contributed by atoms with E-state index < -0.39 is 11.6 Å². The predicted octanol–water partition coefficient (Wildman–Crippen LogP) is 2.91. The molecule has 1 amide bonds. The number of rotatable bonds is 4. The molecule has 26 heavy (non-hydrogen) atoms. The molecule has 0 N–H and O–H groups in total. The van der Waals surface area contributed by atoms with Gasteiger partial charge >= 0.3 is 0 Å². The highest BCUT2D eigenvalue weighted by Gasteiger charge is 2.24. The maximum absolute atomic E-state index is 13.8. The molecule has 1 saturated heterocycles. The number of hydrogen-bond acceptors (Lipinski definition) is 3. The fraction of sp³-hybridized carbons (Fsp3) is 0.300. The largest absolute Gasteiger partial charge is 0.336 e. The van der Waals surface area contributed by atoms with Gasteiger partial charge in [0.15, 0.2) is 5.78 Å². The molecule has 3 rings (SSSR count). The van der Waals surface area contributed by atoms with Crippen molar-refractivity contribution in [3.8, 4) is 0 Å². The lowest BCUT2D eigenvalue weighted by Gasteiger charge is -2.34. The Labute approximate surface area is 151 Å². The van der Waals surface area contributed by atoms with E-state index in [1.807, 2.05) is 11.8 Å². The van der Waals surface area contributed by atoms with Gasteiger partial charge in [0, 0.05) is 31.7 Å². The summed E-state index contributed by atoms with van der Waals surface area (Å²) in [5, 5.41) is 0. The zero-order valence-corrected chi connectivity index (χ0v) is 14.5. The first-order valence-corrected chi connectivity index (χ1v) is 8.50. The van der Waals surface area contributed by atoms with E-state index in [1.54, 1.807) is 23.1 Å². The summed E-state index contributed by atoms with van der Waals surface area (Å²) in [6.07, 6.45) is 0. The maximum atomic E-state index is 13.8. The summed E-state index contributed by atoms with van der Waals surface area (Å²) >= 11 is 0. The standard InChI is InChI=1S/C20H20F2N2O2/c1-14-5-6-18(22)17(11-14)19(25)13-23-7-9-24(10-8-23)20(26)15-3-2-4-16(21)12-15/h2-6,11-12H,7-10,13H2,1H3. The molecule has 0 atom stereocenters. The van der Waals surface area contributed by atoms with Crippen LogP contribution in [0.5, 0.6) is 0 Å². The van der Waals surface area contributed by atoms with Gasteiger partial charge in [0.2, 0.25) is 0 Å². The summed E-state index contributed by atoms with van der Waals surface area (Å²) in [7, 11) is 0. The number of amides is 1. The number of carbonyl (C=O) groups excluding carboxylic acids is 2. The summed E-state index contributed by atoms with van der Waals surface area (Å²) in [4.78, 5) is 28.3. The van der Waals surface area contributed by atoms with E-state index in [0.29, 0.717) is 31.7 Å². The minimum Gasteiger partial charge on any atom is -0.336 e. The van der Waals surface area contributed by atoms with Gasteiger partial charge in [0.1, 0.15) is 11.6 Å². The zero-order valence-electron chi connectivity index (χ0n) is 14.5. The maximum Gasteiger partial charge on any atom is 0.254 e. The third-order valence-electron chi connectivity index (χ3n) is 4.52. The molecule has 0 aliphatic carbocycles. The SMILES string of the molecule is Cc1ccc(F)c(C(=O)CN2CCN(C(=O)c3cccc(F)c3)CC2)c1. The van der Waals surface area contributed by atoms with Gasteiger partial charge in [-0.1, -0.05) is 17.7 Å². The molecule has 6 heteroatoms. The Balaban J connectivity index is 1.57. The number of ketones is 1. The number of Topliss-reactive ketones (excluding diaryl/α,β-unsaturated/α-hetero) is 1. The molecule has 0 radical (unpaired) electrons. The van der Waals surface area contributed by atoms with Crippen LogP contribution in [0, 0.1) is 18.6 Å². The lowest BCUT2D eigenvalue weighted by atomic mass is 10.1. The second-order valence-corrected chi connectivity index (χ2v) is 6.49. The third kappa shape index (κ3) is 4.14. The van der Waals surface area contributed by atoms with Crippen molar-refractivity contribution in [3.63, 3.8) is 0 Å². The summed E-state index contributed by atoms with van der Waals surface area (Å²) in [5.41, 5.74) is 1.25. The van der Waals surface area contributed by atoms with Crippen molar-refractivity contribution in [3.05, 3.63) is 70.8 Å². The van der Waals surface area contributed by atoms with Gasteiger partial charge in [-0.05, 0) is 37.3 Å². The average Bonchev–Trinajstić information content (AvgIpc) is 2.63. The highest BCUT2D eigenvalue weighted by molar-refractivity contribution is 5.98. The molecular formula is C20H20F2N2O2. The third-order valence-corrected chi connectivity index (χ3v) is 4.52. The molecular weight excluding hydrogens is 338 g/mol. The lowest BCUT2D eigenvalue weighted by Crippen LogP contribution is -2.50. The molecule has 1 heterocycles. The van der Waals surface area contributed by atoms with Crippen LogP contribution in [0.25, 0.3) is 0 Å². The Morgan fingerprint density at radius 2 is 1.73 bits per heavy atom. The number of benzene rings is 2. The molecule has 0 aromatic heterocycles. The minimum atomic E-state index is -0.513. The van der Waals surface area contributed by atoms with Crippen molar-refractivity contribution in [1.82, 2.24) is 9.80 Å². The van der Waals surface area contributed by atoms with Gasteiger partial charge < -0.3 is 4.90 Å². The molecule has 2 aromatic carbocycles. The normalized spacial score (nSPS) is 15.1. The van der Waals surface area contributed by atoms with Crippen molar-refractivity contribution in [1.29, 1.82) is 0 Å². The van der Waals surface area contributed by atoms with E-state index in [-0.39, 0.29) is 23.8 Å². The summed E-state index contributed by atoms with van der Waals surface area (Å²) in [6, 6.07) is 10.1. The molecule has 2 aromatic rings. The fourth-order valence-corrected chi connectivity index (χ4v) is 3.05. The molecule has 1 fully saturated rings. The number of carbonyl (C=O) groups is 2. The molecule has 0 unspecified atom stereocenters. The van der Waals surface area contributed by atoms with Gasteiger partial charge in [-0.25, -0.2) is 8.78 Å². The Kier molecular flexibility index (Phi) is 5.42. The van der Waals surface area contributed by atoms with Gasteiger partial charge in [-0.15, -0.1) is 0 Å². The summed E-state index contributed by atoms with van der Waals surface area (Å²) in [5.74, 6) is -1.45. The predicted molar refractivity (Wildman–Crippen MR) is 94.2 cm³/mol. The molecule has 1 aliphatic heterocycles.